The van der Waals surface area contributed by atoms with Crippen LogP contribution in [0.15, 0.2) is 41.4 Å². The van der Waals surface area contributed by atoms with Gasteiger partial charge < -0.3 is 26.2 Å². The topological polar surface area (TPSA) is 157 Å². The molecule has 0 saturated heterocycles. The molecule has 3 amide bonds. The zero-order valence-corrected chi connectivity index (χ0v) is 33.5. The molecule has 6 aliphatic rings. The highest BCUT2D eigenvalue weighted by molar-refractivity contribution is 6.02. The lowest BCUT2D eigenvalue weighted by Gasteiger charge is -2.69. The van der Waals surface area contributed by atoms with E-state index < -0.39 is 11.9 Å². The molecule has 0 spiro atoms. The van der Waals surface area contributed by atoms with Crippen LogP contribution in [-0.2, 0) is 20.8 Å². The van der Waals surface area contributed by atoms with E-state index in [1.54, 1.807) is 18.2 Å². The summed E-state index contributed by atoms with van der Waals surface area (Å²) in [7, 11) is 0. The maximum absolute atomic E-state index is 14.2. The second-order valence-corrected chi connectivity index (χ2v) is 19.2. The van der Waals surface area contributed by atoms with E-state index in [-0.39, 0.29) is 66.1 Å². The number of fused-ring (bicyclic) bond motifs is 7. The normalized spacial score (nSPS) is 37.3. The number of hydrogen-bond acceptors (Lipinski definition) is 6. The van der Waals surface area contributed by atoms with Crippen molar-refractivity contribution in [2.75, 3.05) is 26.2 Å². The predicted octanol–water partition coefficient (Wildman–Crippen LogP) is 6.12. The molecule has 10 atom stereocenters. The van der Waals surface area contributed by atoms with E-state index in [2.05, 4.69) is 48.6 Å². The first kappa shape index (κ1) is 39.7. The molecule has 7 rings (SSSR count). The van der Waals surface area contributed by atoms with E-state index in [0.29, 0.717) is 59.2 Å². The van der Waals surface area contributed by atoms with Crippen molar-refractivity contribution in [3.63, 3.8) is 0 Å². The monoisotopic (exact) mass is 756 g/mol. The lowest BCUT2D eigenvalue weighted by molar-refractivity contribution is -0.214. The van der Waals surface area contributed by atoms with Crippen molar-refractivity contribution in [3.8, 4) is 0 Å². The van der Waals surface area contributed by atoms with Crippen molar-refractivity contribution in [1.29, 1.82) is 0 Å². The molecule has 1 aromatic carbocycles. The van der Waals surface area contributed by atoms with Crippen molar-refractivity contribution in [2.24, 2.45) is 62.2 Å². The minimum atomic E-state index is -0.965. The Bertz CT molecular complexity index is 1720. The van der Waals surface area contributed by atoms with E-state index in [0.717, 1.165) is 44.1 Å². The molecular formula is C45H64N4O6. The highest BCUT2D eigenvalue weighted by Crippen LogP contribution is 2.73. The van der Waals surface area contributed by atoms with Crippen molar-refractivity contribution >= 4 is 29.4 Å². The molecule has 10 unspecified atom stereocenters. The molecule has 5 aliphatic carbocycles. The second-order valence-electron chi connectivity index (χ2n) is 19.2. The summed E-state index contributed by atoms with van der Waals surface area (Å²) < 4.78 is 0. The molecule has 55 heavy (non-hydrogen) atoms. The quantitative estimate of drug-likeness (QED) is 0.183. The summed E-state index contributed by atoms with van der Waals surface area (Å²) in [5.74, 6) is 1.36. The molecule has 5 fully saturated rings. The molecule has 5 N–H and O–H groups in total. The van der Waals surface area contributed by atoms with Gasteiger partial charge in [0, 0.05) is 18.7 Å². The summed E-state index contributed by atoms with van der Waals surface area (Å²) in [5, 5.41) is 28.7. The summed E-state index contributed by atoms with van der Waals surface area (Å²) in [6.07, 6.45) is 16.2. The van der Waals surface area contributed by atoms with Crippen LogP contribution in [0.2, 0.25) is 0 Å². The molecule has 0 aromatic heterocycles. The lowest BCUT2D eigenvalue weighted by atomic mass is 9.36. The molecule has 0 bridgehead atoms. The Morgan fingerprint density at radius 3 is 2.40 bits per heavy atom. The number of hydrogen-bond donors (Lipinski definition) is 5. The van der Waals surface area contributed by atoms with Crippen LogP contribution in [0.5, 0.6) is 0 Å². The standard InChI is InChI=1S/C45H64N4O6/c1-42(2)35-15-20-43(3)33-14-22-45(19-6-9-34(45)32(33)12-13-36(43)44(35,4)21-16-37(42)50)41(55)47-23-17-28-7-5-8-29(25-28)39(53)49-27-31-11-10-30(26-48-31)40(54)46-24-18-38(51)52/h5,7-8,10-11,25,30,32-37,50H,6,9,12-24,26-27H2,1-4H3,(H,46,54)(H,47,55)(H,49,53)(H,51,52). The number of rotatable bonds is 11. The zero-order chi connectivity index (χ0) is 39.2. The summed E-state index contributed by atoms with van der Waals surface area (Å²) in [6, 6.07) is 7.56. The van der Waals surface area contributed by atoms with Gasteiger partial charge in [0.05, 0.1) is 42.7 Å². The molecule has 1 aliphatic heterocycles. The average molecular weight is 757 g/mol. The smallest absolute Gasteiger partial charge is 0.305 e. The van der Waals surface area contributed by atoms with Crippen LogP contribution in [0.3, 0.4) is 0 Å². The number of nitrogens with one attached hydrogen (secondary N) is 3. The Morgan fingerprint density at radius 2 is 1.64 bits per heavy atom. The summed E-state index contributed by atoms with van der Waals surface area (Å²) in [6.45, 7) is 10.9. The van der Waals surface area contributed by atoms with Gasteiger partial charge in [0.25, 0.3) is 5.91 Å². The number of benzene rings is 1. The van der Waals surface area contributed by atoms with Crippen LogP contribution in [0.1, 0.15) is 121 Å². The van der Waals surface area contributed by atoms with Gasteiger partial charge in [-0.2, -0.15) is 0 Å². The number of aliphatic imine (C=N–C) groups is 1. The third-order valence-electron chi connectivity index (χ3n) is 16.2. The van der Waals surface area contributed by atoms with E-state index in [1.165, 1.54) is 32.1 Å². The Kier molecular flexibility index (Phi) is 11.1. The summed E-state index contributed by atoms with van der Waals surface area (Å²) in [5.41, 5.74) is 2.50. The molecule has 1 aromatic rings. The van der Waals surface area contributed by atoms with E-state index in [1.807, 2.05) is 18.2 Å². The van der Waals surface area contributed by atoms with Gasteiger partial charge in [-0.15, -0.1) is 0 Å². The number of carbonyl (C=O) groups is 4. The van der Waals surface area contributed by atoms with Gasteiger partial charge in [0.15, 0.2) is 0 Å². The highest BCUT2D eigenvalue weighted by atomic mass is 16.4. The number of aliphatic hydroxyl groups excluding tert-OH is 1. The number of dihydropyridines is 1. The average Bonchev–Trinajstić information content (AvgIpc) is 3.62. The molecule has 1 heterocycles. The van der Waals surface area contributed by atoms with Gasteiger partial charge in [0.1, 0.15) is 0 Å². The third kappa shape index (κ3) is 7.30. The van der Waals surface area contributed by atoms with Gasteiger partial charge in [-0.3, -0.25) is 24.2 Å². The first-order valence-electron chi connectivity index (χ1n) is 21.2. The van der Waals surface area contributed by atoms with Crippen LogP contribution in [0.4, 0.5) is 0 Å². The van der Waals surface area contributed by atoms with Gasteiger partial charge in [-0.25, -0.2) is 0 Å². The number of carboxylic acid groups (broad SMARTS) is 1. The number of aliphatic hydroxyl groups is 1. The van der Waals surface area contributed by atoms with Gasteiger partial charge in [-0.05, 0) is 140 Å². The maximum atomic E-state index is 14.2. The number of carboxylic acids is 1. The van der Waals surface area contributed by atoms with Crippen molar-refractivity contribution in [2.45, 2.75) is 117 Å². The fraction of sp³-hybridized carbons (Fsp3) is 0.711. The highest BCUT2D eigenvalue weighted by Gasteiger charge is 2.67. The van der Waals surface area contributed by atoms with Gasteiger partial charge >= 0.3 is 5.97 Å². The predicted molar refractivity (Wildman–Crippen MR) is 212 cm³/mol. The lowest BCUT2D eigenvalue weighted by Crippen LogP contribution is -2.63. The number of carbonyl (C=O) groups excluding carboxylic acids is 3. The zero-order valence-electron chi connectivity index (χ0n) is 33.5. The molecule has 5 saturated carbocycles. The first-order chi connectivity index (χ1) is 26.2. The molecule has 0 radical (unpaired) electrons. The number of nitrogens with zero attached hydrogens (tertiary/aromatic N) is 1. The first-order valence-corrected chi connectivity index (χ1v) is 21.2. The molecule has 10 nitrogen and oxygen atoms in total. The molecule has 300 valence electrons. The minimum Gasteiger partial charge on any atom is -0.481 e. The summed E-state index contributed by atoms with van der Waals surface area (Å²) >= 11 is 0. The Balaban J connectivity index is 0.911. The minimum absolute atomic E-state index is 0.0330. The largest absolute Gasteiger partial charge is 0.481 e. The molecule has 10 heteroatoms. The fourth-order valence-corrected chi connectivity index (χ4v) is 13.5. The molecular weight excluding hydrogens is 693 g/mol. The van der Waals surface area contributed by atoms with Crippen LogP contribution >= 0.6 is 0 Å². The maximum Gasteiger partial charge on any atom is 0.305 e. The number of aliphatic carboxylic acids is 1. The van der Waals surface area contributed by atoms with Crippen LogP contribution in [0.25, 0.3) is 0 Å². The van der Waals surface area contributed by atoms with Crippen molar-refractivity contribution in [3.05, 3.63) is 47.5 Å². The summed E-state index contributed by atoms with van der Waals surface area (Å²) in [4.78, 5) is 54.7. The van der Waals surface area contributed by atoms with Gasteiger partial charge in [0.2, 0.25) is 11.8 Å². The van der Waals surface area contributed by atoms with Crippen LogP contribution in [-0.4, -0.2) is 71.9 Å². The van der Waals surface area contributed by atoms with E-state index in [4.69, 9.17) is 5.11 Å². The SMILES string of the molecule is CC1(C)C(O)CCC2(C)C1CCC1(C)C3CCC4(C(=O)NCCc5cccc(C(=O)NCC6=NCC(C(=O)NCCC(=O)O)C=C6)c5)CCCC4C3CCC12. The van der Waals surface area contributed by atoms with Crippen molar-refractivity contribution in [1.82, 2.24) is 16.0 Å². The van der Waals surface area contributed by atoms with E-state index in [9.17, 15) is 24.3 Å². The van der Waals surface area contributed by atoms with Crippen molar-refractivity contribution < 1.29 is 29.4 Å². The van der Waals surface area contributed by atoms with E-state index >= 15 is 0 Å². The fourth-order valence-electron chi connectivity index (χ4n) is 13.5. The van der Waals surface area contributed by atoms with Gasteiger partial charge in [-0.1, -0.05) is 52.3 Å². The van der Waals surface area contributed by atoms with Crippen LogP contribution in [0, 0.1) is 57.2 Å². The Hall–Kier alpha value is -3.53. The Morgan fingerprint density at radius 1 is 0.836 bits per heavy atom. The Labute approximate surface area is 327 Å². The number of amides is 3. The second kappa shape index (κ2) is 15.4. The van der Waals surface area contributed by atoms with Crippen LogP contribution < -0.4 is 16.0 Å². The third-order valence-corrected chi connectivity index (χ3v) is 16.2.